The van der Waals surface area contributed by atoms with E-state index in [2.05, 4.69) is 0 Å². The van der Waals surface area contributed by atoms with Gasteiger partial charge in [-0.25, -0.2) is 8.78 Å². The van der Waals surface area contributed by atoms with Gasteiger partial charge in [-0.15, -0.1) is 0 Å². The van der Waals surface area contributed by atoms with Crippen LogP contribution < -0.4 is 16.4 Å². The van der Waals surface area contributed by atoms with Crippen LogP contribution in [-0.2, 0) is 4.79 Å². The van der Waals surface area contributed by atoms with Crippen LogP contribution in [0.25, 0.3) is 0 Å². The van der Waals surface area contributed by atoms with Crippen molar-refractivity contribution in [1.82, 2.24) is 0 Å². The number of nitrogen functional groups attached to an aromatic ring is 1. The van der Waals surface area contributed by atoms with Crippen LogP contribution in [0.4, 0.5) is 20.2 Å². The van der Waals surface area contributed by atoms with Gasteiger partial charge in [-0.2, -0.15) is 0 Å². The fraction of sp³-hybridized carbons (Fsp3) is 0.462. The second-order valence-corrected chi connectivity index (χ2v) is 5.22. The van der Waals surface area contributed by atoms with E-state index in [1.807, 2.05) is 0 Å². The van der Waals surface area contributed by atoms with E-state index in [1.54, 1.807) is 24.0 Å². The molecule has 0 aliphatic carbocycles. The fourth-order valence-corrected chi connectivity index (χ4v) is 2.40. The normalized spacial score (nSPS) is 23.1. The molecule has 0 bridgehead atoms. The Labute approximate surface area is 110 Å². The average molecular weight is 269 g/mol. The summed E-state index contributed by atoms with van der Waals surface area (Å²) in [4.78, 5) is 13.2. The average Bonchev–Trinajstić information content (AvgIpc) is 2.73. The van der Waals surface area contributed by atoms with Gasteiger partial charge in [-0.3, -0.25) is 4.79 Å². The number of benzene rings is 1. The Balaban J connectivity index is 2.32. The molecule has 0 aromatic heterocycles. The molecule has 1 heterocycles. The molecule has 1 aromatic rings. The topological polar surface area (TPSA) is 72.4 Å². The van der Waals surface area contributed by atoms with Crippen LogP contribution in [0.5, 0.6) is 0 Å². The molecule has 1 atom stereocenters. The quantitative estimate of drug-likeness (QED) is 0.823. The Bertz CT molecular complexity index is 507. The van der Waals surface area contributed by atoms with Gasteiger partial charge in [-0.05, 0) is 31.5 Å². The smallest absolute Gasteiger partial charge is 0.265 e. The number of halogens is 2. The lowest BCUT2D eigenvalue weighted by molar-refractivity contribution is -0.125. The van der Waals surface area contributed by atoms with Crippen LogP contribution in [0.15, 0.2) is 18.2 Å². The number of anilines is 2. The fourth-order valence-electron chi connectivity index (χ4n) is 2.40. The lowest BCUT2D eigenvalue weighted by Crippen LogP contribution is -2.37. The molecule has 1 amide bonds. The third-order valence-corrected chi connectivity index (χ3v) is 3.70. The van der Waals surface area contributed by atoms with Gasteiger partial charge in [0, 0.05) is 30.0 Å². The molecule has 1 aliphatic heterocycles. The molecule has 4 N–H and O–H groups in total. The van der Waals surface area contributed by atoms with E-state index in [9.17, 15) is 13.6 Å². The molecule has 4 nitrogen and oxygen atoms in total. The molecule has 0 spiro atoms. The van der Waals surface area contributed by atoms with Gasteiger partial charge in [0.2, 0.25) is 5.91 Å². The first-order valence-electron chi connectivity index (χ1n) is 6.06. The molecule has 0 radical (unpaired) electrons. The number of primary amides is 1. The van der Waals surface area contributed by atoms with Crippen LogP contribution in [0.2, 0.25) is 0 Å². The lowest BCUT2D eigenvalue weighted by Gasteiger charge is -2.24. The van der Waals surface area contributed by atoms with E-state index < -0.39 is 17.7 Å². The number of nitrogens with two attached hydrogens (primary N) is 2. The molecular weight excluding hydrogens is 252 g/mol. The molecule has 0 saturated carbocycles. The first kappa shape index (κ1) is 13.6. The summed E-state index contributed by atoms with van der Waals surface area (Å²) in [5, 5.41) is 0. The zero-order valence-corrected chi connectivity index (χ0v) is 10.7. The number of carbonyl (C=O) groups is 1. The highest BCUT2D eigenvalue weighted by molar-refractivity contribution is 5.82. The summed E-state index contributed by atoms with van der Waals surface area (Å²) in [7, 11) is 0. The Hall–Kier alpha value is -1.85. The van der Waals surface area contributed by atoms with Crippen molar-refractivity contribution in [3.8, 4) is 0 Å². The van der Waals surface area contributed by atoms with Crippen molar-refractivity contribution < 1.29 is 13.6 Å². The molecular formula is C13H17F2N3O. The summed E-state index contributed by atoms with van der Waals surface area (Å²) in [6, 6.07) is 4.44. The Kier molecular flexibility index (Phi) is 3.34. The van der Waals surface area contributed by atoms with Crippen molar-refractivity contribution in [3.63, 3.8) is 0 Å². The molecule has 1 aromatic carbocycles. The molecule has 1 aliphatic rings. The summed E-state index contributed by atoms with van der Waals surface area (Å²) in [6.45, 7) is 2.64. The molecule has 2 rings (SSSR count). The van der Waals surface area contributed by atoms with Gasteiger partial charge in [0.15, 0.2) is 0 Å². The van der Waals surface area contributed by atoms with E-state index in [4.69, 9.17) is 11.5 Å². The second kappa shape index (κ2) is 4.68. The first-order chi connectivity index (χ1) is 8.83. The van der Waals surface area contributed by atoms with Crippen LogP contribution in [-0.4, -0.2) is 19.0 Å². The molecule has 1 fully saturated rings. The Morgan fingerprint density at radius 3 is 2.68 bits per heavy atom. The minimum Gasteiger partial charge on any atom is -0.399 e. The predicted molar refractivity (Wildman–Crippen MR) is 69.9 cm³/mol. The highest BCUT2D eigenvalue weighted by Gasteiger charge is 2.39. The minimum absolute atomic E-state index is 0.103. The van der Waals surface area contributed by atoms with Gasteiger partial charge in [-0.1, -0.05) is 0 Å². The number of amides is 1. The summed E-state index contributed by atoms with van der Waals surface area (Å²) in [6.07, 6.45) is -2.03. The van der Waals surface area contributed by atoms with Crippen molar-refractivity contribution in [2.24, 2.45) is 11.1 Å². The Morgan fingerprint density at radius 1 is 1.47 bits per heavy atom. The number of rotatable bonds is 3. The van der Waals surface area contributed by atoms with E-state index in [-0.39, 0.29) is 5.56 Å². The van der Waals surface area contributed by atoms with Gasteiger partial charge in [0.25, 0.3) is 6.43 Å². The maximum atomic E-state index is 13.0. The summed E-state index contributed by atoms with van der Waals surface area (Å²) in [5.74, 6) is -0.399. The van der Waals surface area contributed by atoms with Crippen molar-refractivity contribution in [2.75, 3.05) is 23.7 Å². The Morgan fingerprint density at radius 2 is 2.16 bits per heavy atom. The van der Waals surface area contributed by atoms with Gasteiger partial charge in [0.1, 0.15) is 0 Å². The van der Waals surface area contributed by atoms with Gasteiger partial charge >= 0.3 is 0 Å². The molecule has 1 unspecified atom stereocenters. The van der Waals surface area contributed by atoms with E-state index in [0.717, 1.165) is 0 Å². The molecule has 104 valence electrons. The maximum Gasteiger partial charge on any atom is 0.265 e. The monoisotopic (exact) mass is 269 g/mol. The largest absolute Gasteiger partial charge is 0.399 e. The van der Waals surface area contributed by atoms with Crippen LogP contribution in [0.3, 0.4) is 0 Å². The summed E-state index contributed by atoms with van der Waals surface area (Å²) >= 11 is 0. The third kappa shape index (κ3) is 2.47. The van der Waals surface area contributed by atoms with Crippen LogP contribution >= 0.6 is 0 Å². The first-order valence-corrected chi connectivity index (χ1v) is 6.06. The number of hydrogen-bond acceptors (Lipinski definition) is 3. The zero-order valence-electron chi connectivity index (χ0n) is 10.7. The minimum atomic E-state index is -2.60. The number of hydrogen-bond donors (Lipinski definition) is 2. The van der Waals surface area contributed by atoms with Crippen molar-refractivity contribution in [2.45, 2.75) is 19.8 Å². The molecule has 1 saturated heterocycles. The number of alkyl halides is 2. The van der Waals surface area contributed by atoms with E-state index >= 15 is 0 Å². The number of nitrogens with zero attached hydrogens (tertiary/aromatic N) is 1. The van der Waals surface area contributed by atoms with Crippen LogP contribution in [0, 0.1) is 5.41 Å². The second-order valence-electron chi connectivity index (χ2n) is 5.22. The third-order valence-electron chi connectivity index (χ3n) is 3.70. The van der Waals surface area contributed by atoms with E-state index in [1.165, 1.54) is 6.07 Å². The standard InChI is InChI=1S/C13H17F2N3O/c1-13(12(17)19)4-5-18(7-13)10-3-2-8(16)6-9(10)11(14)15/h2-3,6,11H,4-5,7,16H2,1H3,(H2,17,19). The van der Waals surface area contributed by atoms with E-state index in [0.29, 0.717) is 30.9 Å². The maximum absolute atomic E-state index is 13.0. The summed E-state index contributed by atoms with van der Waals surface area (Å²) in [5.41, 5.74) is 10.9. The van der Waals surface area contributed by atoms with Crippen molar-refractivity contribution in [3.05, 3.63) is 23.8 Å². The van der Waals surface area contributed by atoms with Crippen LogP contribution in [0.1, 0.15) is 25.3 Å². The molecule has 19 heavy (non-hydrogen) atoms. The summed E-state index contributed by atoms with van der Waals surface area (Å²) < 4.78 is 26.1. The SMILES string of the molecule is CC1(C(N)=O)CCN(c2ccc(N)cc2C(F)F)C1. The highest BCUT2D eigenvalue weighted by Crippen LogP contribution is 2.38. The lowest BCUT2D eigenvalue weighted by atomic mass is 9.89. The van der Waals surface area contributed by atoms with Crippen molar-refractivity contribution in [1.29, 1.82) is 0 Å². The highest BCUT2D eigenvalue weighted by atomic mass is 19.3. The van der Waals surface area contributed by atoms with Crippen molar-refractivity contribution >= 4 is 17.3 Å². The van der Waals surface area contributed by atoms with Gasteiger partial charge in [0.05, 0.1) is 5.41 Å². The predicted octanol–water partition coefficient (Wildman–Crippen LogP) is 1.91. The number of carbonyl (C=O) groups excluding carboxylic acids is 1. The molecule has 6 heteroatoms. The van der Waals surface area contributed by atoms with Gasteiger partial charge < -0.3 is 16.4 Å². The zero-order chi connectivity index (χ0) is 14.2.